The SMILES string of the molecule is CCCCCCCCCCc1ccc(C2(c3ccccc3)c3cc(OC)ccc3-c3c2cc(OC)c2ccccc32)cc1. The van der Waals surface area contributed by atoms with Crippen molar-refractivity contribution >= 4 is 10.8 Å². The molecule has 5 aromatic rings. The highest BCUT2D eigenvalue weighted by Gasteiger charge is 2.47. The Hall–Kier alpha value is -4.04. The van der Waals surface area contributed by atoms with Crippen molar-refractivity contribution in [1.82, 2.24) is 0 Å². The molecule has 0 bridgehead atoms. The summed E-state index contributed by atoms with van der Waals surface area (Å²) < 4.78 is 11.9. The minimum Gasteiger partial charge on any atom is -0.497 e. The number of hydrogen-bond acceptors (Lipinski definition) is 2. The van der Waals surface area contributed by atoms with Crippen LogP contribution in [-0.4, -0.2) is 14.2 Å². The van der Waals surface area contributed by atoms with Crippen LogP contribution in [-0.2, 0) is 11.8 Å². The number of unbranched alkanes of at least 4 members (excludes halogenated alkanes) is 7. The molecule has 0 aromatic heterocycles. The fraction of sp³-hybridized carbons (Fsp3) is 0.317. The van der Waals surface area contributed by atoms with Gasteiger partial charge in [0.15, 0.2) is 0 Å². The van der Waals surface area contributed by atoms with Gasteiger partial charge in [-0.3, -0.25) is 0 Å². The van der Waals surface area contributed by atoms with E-state index in [9.17, 15) is 0 Å². The van der Waals surface area contributed by atoms with E-state index >= 15 is 0 Å². The van der Waals surface area contributed by atoms with E-state index in [2.05, 4.69) is 110 Å². The van der Waals surface area contributed by atoms with Crippen molar-refractivity contribution < 1.29 is 9.47 Å². The van der Waals surface area contributed by atoms with Crippen LogP contribution in [0.2, 0.25) is 0 Å². The van der Waals surface area contributed by atoms with Crippen LogP contribution >= 0.6 is 0 Å². The Morgan fingerprint density at radius 3 is 1.91 bits per heavy atom. The van der Waals surface area contributed by atoms with Crippen LogP contribution in [0.5, 0.6) is 11.5 Å². The average Bonchev–Trinajstić information content (AvgIpc) is 3.36. The summed E-state index contributed by atoms with van der Waals surface area (Å²) in [6, 6.07) is 37.9. The maximum atomic E-state index is 6.05. The number of rotatable bonds is 13. The predicted octanol–water partition coefficient (Wildman–Crippen LogP) is 10.9. The lowest BCUT2D eigenvalue weighted by atomic mass is 9.67. The molecular weight excluding hydrogens is 524 g/mol. The van der Waals surface area contributed by atoms with Crippen molar-refractivity contribution in [3.8, 4) is 22.6 Å². The van der Waals surface area contributed by atoms with E-state index in [1.54, 1.807) is 14.2 Å². The van der Waals surface area contributed by atoms with E-state index in [1.807, 2.05) is 0 Å². The monoisotopic (exact) mass is 568 g/mol. The lowest BCUT2D eigenvalue weighted by molar-refractivity contribution is 0.414. The fourth-order valence-electron chi connectivity index (χ4n) is 7.28. The van der Waals surface area contributed by atoms with Gasteiger partial charge in [-0.25, -0.2) is 0 Å². The molecule has 0 saturated heterocycles. The summed E-state index contributed by atoms with van der Waals surface area (Å²) in [5.41, 5.74) is 8.46. The van der Waals surface area contributed by atoms with Crippen LogP contribution in [0.4, 0.5) is 0 Å². The van der Waals surface area contributed by atoms with Crippen molar-refractivity contribution in [3.63, 3.8) is 0 Å². The first kappa shape index (κ1) is 29.1. The van der Waals surface area contributed by atoms with Gasteiger partial charge in [0.2, 0.25) is 0 Å². The number of fused-ring (bicyclic) bond motifs is 5. The van der Waals surface area contributed by atoms with Gasteiger partial charge in [-0.05, 0) is 75.4 Å². The molecule has 0 amide bonds. The van der Waals surface area contributed by atoms with Gasteiger partial charge in [0.25, 0.3) is 0 Å². The summed E-state index contributed by atoms with van der Waals surface area (Å²) in [4.78, 5) is 0. The molecule has 220 valence electrons. The summed E-state index contributed by atoms with van der Waals surface area (Å²) in [7, 11) is 3.54. The van der Waals surface area contributed by atoms with E-state index in [4.69, 9.17) is 9.47 Å². The Kier molecular flexibility index (Phi) is 8.84. The lowest BCUT2D eigenvalue weighted by Gasteiger charge is -2.34. The second kappa shape index (κ2) is 13.1. The molecule has 2 nitrogen and oxygen atoms in total. The predicted molar refractivity (Wildman–Crippen MR) is 181 cm³/mol. The van der Waals surface area contributed by atoms with Crippen molar-refractivity contribution in [2.45, 2.75) is 70.1 Å². The third-order valence-electron chi connectivity index (χ3n) is 9.44. The Labute approximate surface area is 257 Å². The molecule has 0 saturated carbocycles. The summed E-state index contributed by atoms with van der Waals surface area (Å²) >= 11 is 0. The first-order chi connectivity index (χ1) is 21.2. The lowest BCUT2D eigenvalue weighted by Crippen LogP contribution is -2.28. The van der Waals surface area contributed by atoms with Crippen LogP contribution < -0.4 is 9.47 Å². The van der Waals surface area contributed by atoms with E-state index in [-0.39, 0.29) is 0 Å². The summed E-state index contributed by atoms with van der Waals surface area (Å²) in [6.07, 6.45) is 11.9. The molecule has 0 radical (unpaired) electrons. The third kappa shape index (κ3) is 5.33. The second-order valence-corrected chi connectivity index (χ2v) is 12.0. The summed E-state index contributed by atoms with van der Waals surface area (Å²) in [6.45, 7) is 2.28. The Bertz CT molecular complexity index is 1670. The van der Waals surface area contributed by atoms with Crippen molar-refractivity contribution in [1.29, 1.82) is 0 Å². The van der Waals surface area contributed by atoms with Gasteiger partial charge in [-0.2, -0.15) is 0 Å². The maximum Gasteiger partial charge on any atom is 0.127 e. The molecule has 0 N–H and O–H groups in total. The van der Waals surface area contributed by atoms with Crippen molar-refractivity contribution in [2.24, 2.45) is 0 Å². The largest absolute Gasteiger partial charge is 0.497 e. The maximum absolute atomic E-state index is 6.05. The normalized spacial score (nSPS) is 15.3. The molecule has 1 aliphatic carbocycles. The highest BCUT2D eigenvalue weighted by Crippen LogP contribution is 2.59. The summed E-state index contributed by atoms with van der Waals surface area (Å²) in [5, 5.41) is 2.35. The molecule has 0 fully saturated rings. The molecule has 6 rings (SSSR count). The van der Waals surface area contributed by atoms with Crippen molar-refractivity contribution in [2.75, 3.05) is 14.2 Å². The number of hydrogen-bond donors (Lipinski definition) is 0. The van der Waals surface area contributed by atoms with Crippen LogP contribution in [0.25, 0.3) is 21.9 Å². The van der Waals surface area contributed by atoms with E-state index < -0.39 is 5.41 Å². The van der Waals surface area contributed by atoms with Crippen LogP contribution in [0.1, 0.15) is 86.1 Å². The quantitative estimate of drug-likeness (QED) is 0.129. The van der Waals surface area contributed by atoms with Gasteiger partial charge < -0.3 is 9.47 Å². The second-order valence-electron chi connectivity index (χ2n) is 12.0. The Morgan fingerprint density at radius 1 is 0.558 bits per heavy atom. The zero-order valence-corrected chi connectivity index (χ0v) is 26.0. The Morgan fingerprint density at radius 2 is 1.21 bits per heavy atom. The number of ether oxygens (including phenoxy) is 2. The van der Waals surface area contributed by atoms with E-state index in [1.165, 1.54) is 95.7 Å². The van der Waals surface area contributed by atoms with Gasteiger partial charge in [0.1, 0.15) is 11.5 Å². The topological polar surface area (TPSA) is 18.5 Å². The highest BCUT2D eigenvalue weighted by atomic mass is 16.5. The Balaban J connectivity index is 1.45. The molecule has 43 heavy (non-hydrogen) atoms. The molecule has 0 heterocycles. The van der Waals surface area contributed by atoms with E-state index in [0.717, 1.165) is 23.3 Å². The van der Waals surface area contributed by atoms with Crippen LogP contribution in [0.3, 0.4) is 0 Å². The minimum atomic E-state index is -0.505. The number of benzene rings is 5. The zero-order chi connectivity index (χ0) is 29.6. The molecular formula is C41H44O2. The van der Waals surface area contributed by atoms with Crippen LogP contribution in [0, 0.1) is 0 Å². The van der Waals surface area contributed by atoms with Gasteiger partial charge in [-0.15, -0.1) is 0 Å². The molecule has 1 aliphatic rings. The molecule has 0 spiro atoms. The standard InChI is InChI=1S/C41H44O2/c1-4-5-6-7-8-9-10-12-17-30-22-24-32(25-23-30)41(31-18-13-11-14-19-31)37-28-33(42-2)26-27-36(37)40-35-21-16-15-20-34(35)39(43-3)29-38(40)41/h11,13-16,18-29H,4-10,12,17H2,1-3H3. The molecule has 2 heteroatoms. The van der Waals surface area contributed by atoms with Gasteiger partial charge in [-0.1, -0.05) is 137 Å². The first-order valence-electron chi connectivity index (χ1n) is 16.2. The van der Waals surface area contributed by atoms with Gasteiger partial charge in [0, 0.05) is 5.39 Å². The van der Waals surface area contributed by atoms with Crippen LogP contribution in [0.15, 0.2) is 103 Å². The molecule has 1 unspecified atom stereocenters. The number of aryl methyl sites for hydroxylation is 1. The number of methoxy groups -OCH3 is 2. The minimum absolute atomic E-state index is 0.505. The highest BCUT2D eigenvalue weighted by molar-refractivity contribution is 6.06. The van der Waals surface area contributed by atoms with Crippen molar-refractivity contribution in [3.05, 3.63) is 131 Å². The molecule has 0 aliphatic heterocycles. The zero-order valence-electron chi connectivity index (χ0n) is 26.0. The third-order valence-corrected chi connectivity index (χ3v) is 9.44. The van der Waals surface area contributed by atoms with Gasteiger partial charge in [0.05, 0.1) is 19.6 Å². The molecule has 1 atom stereocenters. The fourth-order valence-corrected chi connectivity index (χ4v) is 7.28. The summed E-state index contributed by atoms with van der Waals surface area (Å²) in [5.74, 6) is 1.77. The molecule has 5 aromatic carbocycles. The van der Waals surface area contributed by atoms with E-state index in [0.29, 0.717) is 0 Å². The van der Waals surface area contributed by atoms with Gasteiger partial charge >= 0.3 is 0 Å². The first-order valence-corrected chi connectivity index (χ1v) is 16.2. The smallest absolute Gasteiger partial charge is 0.127 e. The average molecular weight is 569 g/mol.